The topological polar surface area (TPSA) is 99.4 Å². The molecule has 1 fully saturated rings. The van der Waals surface area contributed by atoms with Crippen LogP contribution in [0.15, 0.2) is 60.7 Å². The lowest BCUT2D eigenvalue weighted by molar-refractivity contribution is -0.136. The average Bonchev–Trinajstić information content (AvgIpc) is 3.61. The number of hydrogen-bond acceptors (Lipinski definition) is 4. The largest absolute Gasteiger partial charge is 0.489 e. The monoisotopic (exact) mass is 510 g/mol. The van der Waals surface area contributed by atoms with Crippen LogP contribution >= 0.6 is 0 Å². The van der Waals surface area contributed by atoms with E-state index in [1.54, 1.807) is 30.3 Å². The van der Waals surface area contributed by atoms with Crippen molar-refractivity contribution in [1.29, 1.82) is 5.26 Å². The van der Waals surface area contributed by atoms with Gasteiger partial charge in [-0.3, -0.25) is 9.59 Å². The molecule has 38 heavy (non-hydrogen) atoms. The number of hydrogen-bond donors (Lipinski definition) is 2. The maximum Gasteiger partial charge on any atom is 0.303 e. The Balaban J connectivity index is 1.63. The predicted molar refractivity (Wildman–Crippen MR) is 146 cm³/mol. The van der Waals surface area contributed by atoms with Crippen LogP contribution in [0.25, 0.3) is 0 Å². The summed E-state index contributed by atoms with van der Waals surface area (Å²) in [6.07, 6.45) is 1.06. The van der Waals surface area contributed by atoms with Gasteiger partial charge in [-0.2, -0.15) is 5.26 Å². The summed E-state index contributed by atoms with van der Waals surface area (Å²) in [5.74, 6) is 0.160. The first-order valence-electron chi connectivity index (χ1n) is 13.0. The third-order valence-electron chi connectivity index (χ3n) is 7.29. The highest BCUT2D eigenvalue weighted by Crippen LogP contribution is 2.56. The standard InChI is InChI=1S/C32H34N2O4/c1-20(2)29-17-32(29,26-13-21(3)12-22(4)14-26)34-31(37)28-16-24(8-9-25(28)10-11-30(35)36)19-38-27-7-5-6-23(15-27)18-33/h5-9,12-16,20,29H,10-11,17,19H2,1-4H3,(H,34,37)(H,35,36). The normalized spacial score (nSPS) is 18.1. The van der Waals surface area contributed by atoms with Crippen molar-refractivity contribution in [1.82, 2.24) is 5.32 Å². The van der Waals surface area contributed by atoms with E-state index in [9.17, 15) is 14.7 Å². The second kappa shape index (κ2) is 11.1. The molecule has 6 heteroatoms. The molecule has 3 aromatic carbocycles. The molecule has 0 aliphatic heterocycles. The molecule has 2 atom stereocenters. The molecule has 0 spiro atoms. The fraction of sp³-hybridized carbons (Fsp3) is 0.344. The molecule has 6 nitrogen and oxygen atoms in total. The number of ether oxygens (including phenoxy) is 1. The lowest BCUT2D eigenvalue weighted by Gasteiger charge is -2.24. The molecule has 3 aromatic rings. The summed E-state index contributed by atoms with van der Waals surface area (Å²) < 4.78 is 5.89. The summed E-state index contributed by atoms with van der Waals surface area (Å²) in [7, 11) is 0. The molecule has 0 radical (unpaired) electrons. The first-order valence-corrected chi connectivity index (χ1v) is 13.0. The summed E-state index contributed by atoms with van der Waals surface area (Å²) in [5.41, 5.74) is 5.44. The quantitative estimate of drug-likeness (QED) is 0.345. The zero-order valence-electron chi connectivity index (χ0n) is 22.4. The minimum absolute atomic E-state index is 0.0616. The fourth-order valence-electron chi connectivity index (χ4n) is 5.35. The number of aliphatic carboxylic acids is 1. The number of carboxylic acids is 1. The van der Waals surface area contributed by atoms with Gasteiger partial charge in [-0.05, 0) is 79.5 Å². The van der Waals surface area contributed by atoms with Crippen molar-refractivity contribution in [2.24, 2.45) is 11.8 Å². The number of rotatable bonds is 10. The van der Waals surface area contributed by atoms with Gasteiger partial charge in [0.15, 0.2) is 0 Å². The minimum Gasteiger partial charge on any atom is -0.489 e. The van der Waals surface area contributed by atoms with Crippen molar-refractivity contribution in [2.45, 2.75) is 59.1 Å². The van der Waals surface area contributed by atoms with Crippen molar-refractivity contribution in [2.75, 3.05) is 0 Å². The highest BCUT2D eigenvalue weighted by molar-refractivity contribution is 5.97. The Morgan fingerprint density at radius 2 is 1.84 bits per heavy atom. The molecule has 1 saturated carbocycles. The van der Waals surface area contributed by atoms with E-state index in [1.807, 2.05) is 12.1 Å². The molecule has 1 amide bonds. The summed E-state index contributed by atoms with van der Waals surface area (Å²) in [6.45, 7) is 8.71. The SMILES string of the molecule is Cc1cc(C)cc(C2(NC(=O)c3cc(COc4cccc(C#N)c4)ccc3CCC(=O)O)CC2C(C)C)c1. The number of benzene rings is 3. The van der Waals surface area contributed by atoms with E-state index in [0.29, 0.717) is 34.3 Å². The summed E-state index contributed by atoms with van der Waals surface area (Å²) in [4.78, 5) is 25.1. The van der Waals surface area contributed by atoms with Gasteiger partial charge in [-0.15, -0.1) is 0 Å². The Morgan fingerprint density at radius 1 is 1.11 bits per heavy atom. The fourth-order valence-corrected chi connectivity index (χ4v) is 5.35. The van der Waals surface area contributed by atoms with Crippen molar-refractivity contribution in [3.8, 4) is 11.8 Å². The summed E-state index contributed by atoms with van der Waals surface area (Å²) >= 11 is 0. The van der Waals surface area contributed by atoms with Gasteiger partial charge in [-0.1, -0.05) is 61.4 Å². The van der Waals surface area contributed by atoms with E-state index in [1.165, 1.54) is 0 Å². The van der Waals surface area contributed by atoms with Gasteiger partial charge in [0.2, 0.25) is 0 Å². The highest BCUT2D eigenvalue weighted by Gasteiger charge is 2.57. The first-order chi connectivity index (χ1) is 18.1. The number of nitrogens with zero attached hydrogens (tertiary/aromatic N) is 1. The van der Waals surface area contributed by atoms with Crippen LogP contribution in [0.3, 0.4) is 0 Å². The number of nitrogens with one attached hydrogen (secondary N) is 1. The highest BCUT2D eigenvalue weighted by atomic mass is 16.5. The van der Waals surface area contributed by atoms with E-state index < -0.39 is 11.5 Å². The third-order valence-corrected chi connectivity index (χ3v) is 7.29. The van der Waals surface area contributed by atoms with E-state index in [4.69, 9.17) is 10.00 Å². The minimum atomic E-state index is -0.907. The van der Waals surface area contributed by atoms with Crippen LogP contribution in [0.2, 0.25) is 0 Å². The van der Waals surface area contributed by atoms with Gasteiger partial charge in [0, 0.05) is 12.0 Å². The van der Waals surface area contributed by atoms with Crippen molar-refractivity contribution in [3.63, 3.8) is 0 Å². The molecule has 0 bridgehead atoms. The molecular weight excluding hydrogens is 476 g/mol. The van der Waals surface area contributed by atoms with E-state index in [0.717, 1.165) is 28.7 Å². The maximum atomic E-state index is 13.9. The molecule has 1 aliphatic rings. The lowest BCUT2D eigenvalue weighted by Crippen LogP contribution is -2.38. The van der Waals surface area contributed by atoms with Crippen LogP contribution < -0.4 is 10.1 Å². The first kappa shape index (κ1) is 26.9. The number of carbonyl (C=O) groups is 2. The molecule has 0 saturated heterocycles. The van der Waals surface area contributed by atoms with Crippen LogP contribution in [0.1, 0.15) is 70.4 Å². The van der Waals surface area contributed by atoms with Crippen molar-refractivity contribution < 1.29 is 19.4 Å². The number of carbonyl (C=O) groups excluding carboxylic acids is 1. The van der Waals surface area contributed by atoms with Gasteiger partial charge >= 0.3 is 5.97 Å². The van der Waals surface area contributed by atoms with Crippen LogP contribution in [-0.2, 0) is 23.4 Å². The Bertz CT molecular complexity index is 1380. The molecular formula is C32H34N2O4. The molecule has 2 unspecified atom stereocenters. The number of nitriles is 1. The summed E-state index contributed by atoms with van der Waals surface area (Å²) in [6, 6.07) is 20.9. The maximum absolute atomic E-state index is 13.9. The third kappa shape index (κ3) is 6.06. The molecule has 0 aromatic heterocycles. The zero-order chi connectivity index (χ0) is 27.4. The van der Waals surface area contributed by atoms with E-state index in [2.05, 4.69) is 57.3 Å². The van der Waals surface area contributed by atoms with Gasteiger partial charge in [-0.25, -0.2) is 0 Å². The molecule has 196 valence electrons. The predicted octanol–water partition coefficient (Wildman–Crippen LogP) is 6.07. The van der Waals surface area contributed by atoms with Crippen molar-refractivity contribution >= 4 is 11.9 Å². The Kier molecular flexibility index (Phi) is 7.87. The van der Waals surface area contributed by atoms with E-state index in [-0.39, 0.29) is 25.4 Å². The molecule has 1 aliphatic carbocycles. The van der Waals surface area contributed by atoms with Gasteiger partial charge in [0.05, 0.1) is 17.2 Å². The number of carboxylic acid groups (broad SMARTS) is 1. The smallest absolute Gasteiger partial charge is 0.303 e. The van der Waals surface area contributed by atoms with E-state index >= 15 is 0 Å². The lowest BCUT2D eigenvalue weighted by atomic mass is 9.93. The Hall–Kier alpha value is -4.11. The molecule has 4 rings (SSSR count). The molecule has 2 N–H and O–H groups in total. The number of aryl methyl sites for hydroxylation is 3. The van der Waals surface area contributed by atoms with Gasteiger partial charge in [0.1, 0.15) is 12.4 Å². The summed E-state index contributed by atoms with van der Waals surface area (Å²) in [5, 5.41) is 21.8. The zero-order valence-corrected chi connectivity index (χ0v) is 22.4. The van der Waals surface area contributed by atoms with Crippen LogP contribution in [0.4, 0.5) is 0 Å². The molecule has 0 heterocycles. The number of amides is 1. The van der Waals surface area contributed by atoms with Gasteiger partial charge in [0.25, 0.3) is 5.91 Å². The average molecular weight is 511 g/mol. The Labute approximate surface area is 224 Å². The van der Waals surface area contributed by atoms with Crippen LogP contribution in [-0.4, -0.2) is 17.0 Å². The van der Waals surface area contributed by atoms with Gasteiger partial charge < -0.3 is 15.2 Å². The second-order valence-corrected chi connectivity index (χ2v) is 10.7. The Morgan fingerprint density at radius 3 is 2.47 bits per heavy atom. The van der Waals surface area contributed by atoms with Crippen LogP contribution in [0, 0.1) is 37.0 Å². The van der Waals surface area contributed by atoms with Crippen LogP contribution in [0.5, 0.6) is 5.75 Å². The second-order valence-electron chi connectivity index (χ2n) is 10.7. The van der Waals surface area contributed by atoms with Crippen molar-refractivity contribution in [3.05, 3.63) is 99.6 Å².